The quantitative estimate of drug-likeness (QED) is 0.0200. The number of rotatable bonds is 20. The smallest absolute Gasteiger partial charge is 0.453 e. The number of aromatic nitrogens is 8. The average molecular weight is 2090 g/mol. The number of aromatic amines is 4. The van der Waals surface area contributed by atoms with Crippen molar-refractivity contribution in [3.8, 4) is 21.1 Å². The van der Waals surface area contributed by atoms with Crippen LogP contribution in [0.3, 0.4) is 0 Å². The Bertz CT molecular complexity index is 5280. The van der Waals surface area contributed by atoms with Crippen LogP contribution in [0.1, 0.15) is 228 Å². The summed E-state index contributed by atoms with van der Waals surface area (Å²) in [7, 11) is 4.58. The third kappa shape index (κ3) is 22.2. The minimum atomic E-state index is -0.705. The van der Waals surface area contributed by atoms with Crippen molar-refractivity contribution >= 4 is 192 Å². The van der Waals surface area contributed by atoms with E-state index in [1.54, 1.807) is 45.3 Å². The number of imidazole rings is 4. The van der Waals surface area contributed by atoms with Crippen LogP contribution in [-0.4, -0.2) is 223 Å². The van der Waals surface area contributed by atoms with E-state index in [0.29, 0.717) is 32.1 Å². The second-order valence-electron chi connectivity index (χ2n) is 38.3. The van der Waals surface area contributed by atoms with Gasteiger partial charge in [0.05, 0.1) is 95.8 Å². The molecule has 6 saturated heterocycles. The first-order valence-electron chi connectivity index (χ1n) is 44.4. The molecule has 0 aliphatic carbocycles. The molecule has 8 aromatic heterocycles. The molecule has 32 nitrogen and oxygen atoms in total. The largest absolute Gasteiger partial charge is 0.505 e. The number of amides is 8. The van der Waals surface area contributed by atoms with Crippen LogP contribution in [0.15, 0.2) is 42.5 Å². The van der Waals surface area contributed by atoms with E-state index in [0.717, 1.165) is 131 Å². The second kappa shape index (κ2) is 41.1. The van der Waals surface area contributed by atoms with Gasteiger partial charge >= 0.3 is 38.6 Å². The highest BCUT2D eigenvalue weighted by atomic mass is 127. The number of hydrogen-bond donors (Lipinski definition) is 8. The lowest BCUT2D eigenvalue weighted by atomic mass is 9.88. The third-order valence-electron chi connectivity index (χ3n) is 25.7. The number of carbonyl (C=O) groups is 8. The predicted molar refractivity (Wildman–Crippen MR) is 525 cm³/mol. The summed E-state index contributed by atoms with van der Waals surface area (Å²) in [5, 5.41) is 10.8. The maximum atomic E-state index is 13.8. The van der Waals surface area contributed by atoms with E-state index < -0.39 is 48.5 Å². The molecule has 8 N–H and O–H groups in total. The minimum absolute atomic E-state index is 0.0266. The van der Waals surface area contributed by atoms with Crippen molar-refractivity contribution in [2.75, 3.05) is 54.6 Å². The molecular weight excluding hydrogens is 1960 g/mol. The molecule has 15 rings (SSSR count). The average Bonchev–Trinajstić information content (AvgIpc) is 1.59. The summed E-state index contributed by atoms with van der Waals surface area (Å²) in [6.07, 6.45) is 1.74. The van der Waals surface area contributed by atoms with Crippen molar-refractivity contribution in [1.82, 2.24) is 80.7 Å². The van der Waals surface area contributed by atoms with Gasteiger partial charge in [-0.05, 0) is 237 Å². The van der Waals surface area contributed by atoms with Crippen LogP contribution in [0.5, 0.6) is 0 Å². The molecule has 706 valence electrons. The van der Waals surface area contributed by atoms with Crippen molar-refractivity contribution in [1.29, 1.82) is 0 Å². The van der Waals surface area contributed by atoms with Gasteiger partial charge in [-0.2, -0.15) is 0 Å². The van der Waals surface area contributed by atoms with Crippen molar-refractivity contribution in [2.45, 2.75) is 255 Å². The van der Waals surface area contributed by atoms with Gasteiger partial charge in [0, 0.05) is 75.2 Å². The number of H-pyrrole nitrogens is 4. The molecule has 0 radical (unpaired) electrons. The number of fused-ring (bicyclic) bond motifs is 3. The number of methoxy groups -OCH3 is 4. The summed E-state index contributed by atoms with van der Waals surface area (Å²) < 4.78 is 52.6. The number of aryl methyl sites for hydroxylation is 3. The van der Waals surface area contributed by atoms with Gasteiger partial charge in [-0.15, -0.1) is 45.3 Å². The van der Waals surface area contributed by atoms with E-state index in [-0.39, 0.29) is 120 Å². The zero-order chi connectivity index (χ0) is 95.2. The molecule has 6 fully saturated rings. The summed E-state index contributed by atoms with van der Waals surface area (Å²) in [5.74, 6) is 3.23. The summed E-state index contributed by atoms with van der Waals surface area (Å²) >= 11 is 11.2. The fraction of sp³-hybridized carbons (Fsp3) is 0.600. The van der Waals surface area contributed by atoms with Gasteiger partial charge in [-0.3, -0.25) is 19.2 Å². The fourth-order valence-corrected chi connectivity index (χ4v) is 22.8. The Morgan fingerprint density at radius 2 is 0.762 bits per heavy atom. The van der Waals surface area contributed by atoms with E-state index >= 15 is 0 Å². The minimum Gasteiger partial charge on any atom is -0.453 e. The Kier molecular flexibility index (Phi) is 31.9. The molecule has 40 heteroatoms. The highest BCUT2D eigenvalue weighted by molar-refractivity contribution is 14.1. The Hall–Kier alpha value is -7.97. The molecule has 0 spiro atoms. The molecule has 6 aliphatic rings. The topological polar surface area (TPSA) is 386 Å². The van der Waals surface area contributed by atoms with Crippen LogP contribution in [0.2, 0.25) is 0 Å². The number of nitrogens with one attached hydrogen (secondary N) is 8. The molecule has 0 unspecified atom stereocenters. The van der Waals surface area contributed by atoms with Crippen molar-refractivity contribution < 1.29 is 75.9 Å². The highest BCUT2D eigenvalue weighted by Gasteiger charge is 2.55. The summed E-state index contributed by atoms with van der Waals surface area (Å²) in [6, 6.07) is 11.4. The molecule has 8 amide bonds. The van der Waals surface area contributed by atoms with Crippen molar-refractivity contribution in [2.24, 2.45) is 41.4 Å². The van der Waals surface area contributed by atoms with Crippen LogP contribution in [0.25, 0.3) is 51.0 Å². The number of nitrogens with zero attached hydrogens (tertiary/aromatic N) is 8. The number of hydrogen-bond acceptors (Lipinski definition) is 24. The van der Waals surface area contributed by atoms with Gasteiger partial charge in [-0.25, -0.2) is 39.1 Å². The Labute approximate surface area is 804 Å². The number of carbonyl (C=O) groups excluding carboxylic acids is 8. The van der Waals surface area contributed by atoms with Gasteiger partial charge in [0.25, 0.3) is 0 Å². The predicted octanol–water partition coefficient (Wildman–Crippen LogP) is 16.3. The molecular formula is C90H126B2I2N16O16S4. The Morgan fingerprint density at radius 1 is 0.438 bits per heavy atom. The lowest BCUT2D eigenvalue weighted by Gasteiger charge is -2.32. The maximum absolute atomic E-state index is 13.8. The van der Waals surface area contributed by atoms with Crippen LogP contribution >= 0.6 is 90.5 Å². The Morgan fingerprint density at radius 3 is 1.09 bits per heavy atom. The van der Waals surface area contributed by atoms with Crippen LogP contribution in [0, 0.1) is 69.5 Å². The van der Waals surface area contributed by atoms with E-state index in [2.05, 4.69) is 201 Å². The molecule has 11 atom stereocenters. The lowest BCUT2D eigenvalue weighted by Crippen LogP contribution is -2.51. The number of alkyl carbamates (subject to hydrolysis) is 4. The molecule has 130 heavy (non-hydrogen) atoms. The molecule has 9 aromatic rings. The first-order valence-corrected chi connectivity index (χ1v) is 49.9. The van der Waals surface area contributed by atoms with Crippen LogP contribution in [-0.2, 0) is 56.7 Å². The first kappa shape index (κ1) is 101. The summed E-state index contributed by atoms with van der Waals surface area (Å²) in [6.45, 7) is 46.8. The lowest BCUT2D eigenvalue weighted by molar-refractivity contribution is -0.136. The maximum Gasteiger partial charge on any atom is 0.505 e. The summed E-state index contributed by atoms with van der Waals surface area (Å²) in [5.41, 5.74) is 5.18. The van der Waals surface area contributed by atoms with Gasteiger partial charge in [0.1, 0.15) is 62.6 Å². The zero-order valence-electron chi connectivity index (χ0n) is 79.2. The van der Waals surface area contributed by atoms with Gasteiger partial charge in [0.15, 0.2) is 0 Å². The third-order valence-corrected chi connectivity index (χ3v) is 32.1. The van der Waals surface area contributed by atoms with Gasteiger partial charge in [-0.1, -0.05) is 76.2 Å². The number of thiophene rings is 4. The van der Waals surface area contributed by atoms with Crippen molar-refractivity contribution in [3.05, 3.63) is 90.1 Å². The summed E-state index contributed by atoms with van der Waals surface area (Å²) in [4.78, 5) is 144. The second-order valence-corrected chi connectivity index (χ2v) is 45.0. The molecule has 6 aliphatic heterocycles. The molecule has 1 aromatic carbocycles. The van der Waals surface area contributed by atoms with E-state index in [1.807, 2.05) is 114 Å². The van der Waals surface area contributed by atoms with Crippen LogP contribution in [0.4, 0.5) is 19.2 Å². The van der Waals surface area contributed by atoms with E-state index in [4.69, 9.17) is 43.0 Å². The standard InChI is InChI=1S/C38H52N8O6S2.C19H25IN4O3.C18H26B2O4S2.C15H23IN4O3/c1-17(2)29(43-37(49)51-9)35(47)45-15-19(5)11-23(45)33-39-21(7)31(41-33)27-13-25-26(53-27)14-28(54-25)32-22(8)40-34(42-32)24-12-20(6)16-46(24)36(48)30(18(3)4)44-38(50)52-10;1-10(2)16(23-19(26)27-4)18(25)24-9-11(3)7-15(24)17-21-13-6-5-12(20)8-14(13)22-17;1-15(2)16(3,4)22-19(21-15)13-9-11-12(25-13)10-14(26-11)20-23-17(5,6)18(7,8)24-20;1-8(2)11(18-15(22)23-4)14(21)20-7-5-6-10(20)13-17-9(3)12(16)19-13/h13-14,17-20,23-24,29-30H,11-12,15-16H2,1-10H3,(H,39,41)(H,40,42)(H,43,49)(H,44,50);5-6,8,10-11,15-16H,7,9H2,1-4H3,(H,21,22)(H,23,26);9-10H,1-8H3;8,10-11H,5-7H2,1-4H3,(H,17,19)(H,18,22)/t19-,20-,23-,24-,29-,30-;11-,15-,16-;;10-,11-/m00.0/s1. The number of ether oxygens (including phenoxy) is 4. The molecule has 0 bridgehead atoms. The first-order chi connectivity index (χ1) is 61.0. The monoisotopic (exact) mass is 2090 g/mol. The molecule has 14 heterocycles. The number of benzene rings is 1. The zero-order valence-corrected chi connectivity index (χ0v) is 86.8. The SMILES string of the molecule is CC1(C)OB(c2cc3sc(B4OC(C)(C)C(C)(C)O4)cc3s2)OC1(C)C.COC(=O)N[C@H](C(=O)N1CCC[C@H]1c1nc(I)c(C)[nH]1)C(C)C.COC(=O)N[C@H](C(=O)N1C[C@@H](C)C[C@H]1c1nc(-c2cc3sc(-c4nc([C@@H]5C[C@H](C)CN5C(=O)[C@@H](NC(=O)OC)C(C)C)[nH]c4C)cc3s2)c(C)[nH]1)C(C)C.COC(=O)N[C@H](C(=O)N1C[C@@H](C)C[C@H]1c1nc2ccc(I)cc2[nH]1)C(C)C. The fourth-order valence-electron chi connectivity index (χ4n) is 17.1. The highest BCUT2D eigenvalue weighted by Crippen LogP contribution is 2.47. The molecule has 0 saturated carbocycles. The Balaban J connectivity index is 0.000000169. The van der Waals surface area contributed by atoms with E-state index in [1.165, 1.54) is 37.8 Å². The number of halogens is 2. The van der Waals surface area contributed by atoms with E-state index in [9.17, 15) is 38.4 Å². The van der Waals surface area contributed by atoms with Crippen molar-refractivity contribution in [3.63, 3.8) is 0 Å². The van der Waals surface area contributed by atoms with Gasteiger partial charge in [0.2, 0.25) is 23.6 Å². The van der Waals surface area contributed by atoms with Gasteiger partial charge < -0.3 is 98.4 Å². The number of likely N-dealkylation sites (tertiary alicyclic amines) is 4. The van der Waals surface area contributed by atoms with Crippen LogP contribution < -0.4 is 30.8 Å². The normalized spacial score (nSPS) is 21.8.